The van der Waals surface area contributed by atoms with Crippen LogP contribution in [0.25, 0.3) is 0 Å². The molecular formula is C16H22N4O2. The Kier molecular flexibility index (Phi) is 4.13. The molecule has 2 atom stereocenters. The van der Waals surface area contributed by atoms with E-state index in [1.165, 1.54) is 0 Å². The third kappa shape index (κ3) is 2.60. The van der Waals surface area contributed by atoms with Crippen LogP contribution in [0.1, 0.15) is 30.5 Å². The number of nitrogens with one attached hydrogen (secondary N) is 1. The molecular weight excluding hydrogens is 280 g/mol. The van der Waals surface area contributed by atoms with Crippen LogP contribution in [0.15, 0.2) is 24.3 Å². The Morgan fingerprint density at radius 1 is 1.41 bits per heavy atom. The Morgan fingerprint density at radius 2 is 2.18 bits per heavy atom. The Balaban J connectivity index is 1.95. The van der Waals surface area contributed by atoms with Gasteiger partial charge in [-0.2, -0.15) is 0 Å². The van der Waals surface area contributed by atoms with E-state index in [-0.39, 0.29) is 24.3 Å². The van der Waals surface area contributed by atoms with Crippen molar-refractivity contribution in [3.8, 4) is 0 Å². The Labute approximate surface area is 130 Å². The maximum atomic E-state index is 12.9. The van der Waals surface area contributed by atoms with Crippen molar-refractivity contribution < 1.29 is 9.59 Å². The summed E-state index contributed by atoms with van der Waals surface area (Å²) in [5.74, 6) is -0.541. The van der Waals surface area contributed by atoms with E-state index in [0.717, 1.165) is 24.1 Å². The van der Waals surface area contributed by atoms with E-state index in [1.807, 2.05) is 24.3 Å². The SMILES string of the molecule is CC(CN)C(=O)N[C@@H]1C(=O)N2CCCN2Cc2ccccc21. The average Bonchev–Trinajstić information content (AvgIpc) is 2.96. The van der Waals surface area contributed by atoms with E-state index in [9.17, 15) is 9.59 Å². The highest BCUT2D eigenvalue weighted by atomic mass is 16.2. The summed E-state index contributed by atoms with van der Waals surface area (Å²) in [5, 5.41) is 6.74. The van der Waals surface area contributed by atoms with Crippen LogP contribution in [0.5, 0.6) is 0 Å². The summed E-state index contributed by atoms with van der Waals surface area (Å²) in [7, 11) is 0. The van der Waals surface area contributed by atoms with E-state index in [1.54, 1.807) is 11.9 Å². The first-order valence-corrected chi connectivity index (χ1v) is 7.76. The van der Waals surface area contributed by atoms with Crippen molar-refractivity contribution in [2.24, 2.45) is 11.7 Å². The van der Waals surface area contributed by atoms with E-state index in [0.29, 0.717) is 13.1 Å². The van der Waals surface area contributed by atoms with Gasteiger partial charge in [-0.15, -0.1) is 0 Å². The molecule has 22 heavy (non-hydrogen) atoms. The molecule has 1 unspecified atom stereocenters. The predicted octanol–water partition coefficient (Wildman–Crippen LogP) is 0.402. The second-order valence-electron chi connectivity index (χ2n) is 5.98. The Hall–Kier alpha value is -1.92. The highest BCUT2D eigenvalue weighted by Crippen LogP contribution is 2.29. The molecule has 118 valence electrons. The van der Waals surface area contributed by atoms with Gasteiger partial charge in [0.15, 0.2) is 0 Å². The van der Waals surface area contributed by atoms with Gasteiger partial charge in [-0.25, -0.2) is 5.01 Å². The van der Waals surface area contributed by atoms with Gasteiger partial charge < -0.3 is 11.1 Å². The molecule has 0 aromatic heterocycles. The molecule has 1 aromatic rings. The Morgan fingerprint density at radius 3 is 2.95 bits per heavy atom. The maximum absolute atomic E-state index is 12.9. The van der Waals surface area contributed by atoms with Crippen LogP contribution >= 0.6 is 0 Å². The van der Waals surface area contributed by atoms with Crippen molar-refractivity contribution in [1.82, 2.24) is 15.3 Å². The van der Waals surface area contributed by atoms with Gasteiger partial charge in [-0.3, -0.25) is 14.6 Å². The molecule has 6 heteroatoms. The molecule has 3 N–H and O–H groups in total. The van der Waals surface area contributed by atoms with Crippen LogP contribution < -0.4 is 11.1 Å². The molecule has 2 aliphatic heterocycles. The van der Waals surface area contributed by atoms with Crippen LogP contribution in [0.3, 0.4) is 0 Å². The van der Waals surface area contributed by atoms with Gasteiger partial charge in [0.2, 0.25) is 5.91 Å². The third-order valence-electron chi connectivity index (χ3n) is 4.44. The monoisotopic (exact) mass is 302 g/mol. The number of hydrazine groups is 1. The minimum atomic E-state index is -0.624. The largest absolute Gasteiger partial charge is 0.340 e. The molecule has 0 radical (unpaired) electrons. The highest BCUT2D eigenvalue weighted by Gasteiger charge is 2.38. The number of hydrogen-bond donors (Lipinski definition) is 2. The summed E-state index contributed by atoms with van der Waals surface area (Å²) in [6.45, 7) is 4.33. The molecule has 0 bridgehead atoms. The van der Waals surface area contributed by atoms with E-state index < -0.39 is 6.04 Å². The molecule has 3 rings (SSSR count). The van der Waals surface area contributed by atoms with E-state index in [2.05, 4.69) is 10.3 Å². The number of carbonyl (C=O) groups excluding carboxylic acids is 2. The second-order valence-corrected chi connectivity index (χ2v) is 5.98. The molecule has 0 saturated carbocycles. The lowest BCUT2D eigenvalue weighted by atomic mass is 9.99. The van der Waals surface area contributed by atoms with Crippen LogP contribution in [0, 0.1) is 5.92 Å². The molecule has 1 aromatic carbocycles. The van der Waals surface area contributed by atoms with Crippen LogP contribution in [-0.4, -0.2) is 41.5 Å². The van der Waals surface area contributed by atoms with Crippen LogP contribution in [0.2, 0.25) is 0 Å². The van der Waals surface area contributed by atoms with Crippen molar-refractivity contribution in [1.29, 1.82) is 0 Å². The molecule has 2 heterocycles. The number of nitrogens with zero attached hydrogens (tertiary/aromatic N) is 2. The average molecular weight is 302 g/mol. The molecule has 0 spiro atoms. The van der Waals surface area contributed by atoms with E-state index in [4.69, 9.17) is 5.73 Å². The number of benzene rings is 1. The first kappa shape index (κ1) is 15.0. The van der Waals surface area contributed by atoms with Gasteiger partial charge in [0, 0.05) is 32.1 Å². The van der Waals surface area contributed by atoms with Gasteiger partial charge in [-0.1, -0.05) is 31.2 Å². The summed E-state index contributed by atoms with van der Waals surface area (Å²) in [4.78, 5) is 25.1. The number of carbonyl (C=O) groups is 2. The minimum absolute atomic E-state index is 0.0555. The molecule has 1 fully saturated rings. The fourth-order valence-electron chi connectivity index (χ4n) is 3.05. The number of rotatable bonds is 3. The van der Waals surface area contributed by atoms with Gasteiger partial charge in [-0.05, 0) is 17.5 Å². The summed E-state index contributed by atoms with van der Waals surface area (Å²) >= 11 is 0. The predicted molar refractivity (Wildman–Crippen MR) is 82.3 cm³/mol. The van der Waals surface area contributed by atoms with Crippen molar-refractivity contribution in [3.63, 3.8) is 0 Å². The van der Waals surface area contributed by atoms with Gasteiger partial charge in [0.25, 0.3) is 5.91 Å². The van der Waals surface area contributed by atoms with Crippen LogP contribution in [0.4, 0.5) is 0 Å². The maximum Gasteiger partial charge on any atom is 0.264 e. The van der Waals surface area contributed by atoms with Gasteiger partial charge in [0.1, 0.15) is 6.04 Å². The summed E-state index contributed by atoms with van der Waals surface area (Å²) < 4.78 is 0. The normalized spacial score (nSPS) is 22.7. The zero-order valence-electron chi connectivity index (χ0n) is 12.8. The zero-order valence-corrected chi connectivity index (χ0v) is 12.8. The van der Waals surface area contributed by atoms with Crippen LogP contribution in [-0.2, 0) is 16.1 Å². The Bertz CT molecular complexity index is 589. The quantitative estimate of drug-likeness (QED) is 0.847. The summed E-state index contributed by atoms with van der Waals surface area (Å²) in [5.41, 5.74) is 7.54. The summed E-state index contributed by atoms with van der Waals surface area (Å²) in [6.07, 6.45) is 0.966. The second kappa shape index (κ2) is 6.06. The van der Waals surface area contributed by atoms with Crippen molar-refractivity contribution in [2.75, 3.05) is 19.6 Å². The molecule has 2 aliphatic rings. The number of amides is 2. The summed E-state index contributed by atoms with van der Waals surface area (Å²) in [6, 6.07) is 7.20. The molecule has 0 aliphatic carbocycles. The number of nitrogens with two attached hydrogens (primary N) is 1. The zero-order chi connectivity index (χ0) is 15.7. The van der Waals surface area contributed by atoms with E-state index >= 15 is 0 Å². The van der Waals surface area contributed by atoms with Gasteiger partial charge in [0.05, 0.1) is 0 Å². The molecule has 6 nitrogen and oxygen atoms in total. The number of hydrogen-bond acceptors (Lipinski definition) is 4. The standard InChI is InChI=1S/C16H22N4O2/c1-11(9-17)15(21)18-14-13-6-3-2-5-12(13)10-19-7-4-8-20(19)16(14)22/h2-3,5-6,11,14H,4,7-10,17H2,1H3,(H,18,21)/t11?,14-/m0/s1. The minimum Gasteiger partial charge on any atom is -0.340 e. The third-order valence-corrected chi connectivity index (χ3v) is 4.44. The first-order chi connectivity index (χ1) is 10.6. The topological polar surface area (TPSA) is 78.7 Å². The fourth-order valence-corrected chi connectivity index (χ4v) is 3.05. The smallest absolute Gasteiger partial charge is 0.264 e. The molecule has 1 saturated heterocycles. The van der Waals surface area contributed by atoms with Crippen molar-refractivity contribution in [3.05, 3.63) is 35.4 Å². The highest BCUT2D eigenvalue weighted by molar-refractivity contribution is 5.90. The first-order valence-electron chi connectivity index (χ1n) is 7.76. The lowest BCUT2D eigenvalue weighted by Crippen LogP contribution is -2.46. The van der Waals surface area contributed by atoms with Crippen molar-refractivity contribution in [2.45, 2.75) is 25.9 Å². The van der Waals surface area contributed by atoms with Crippen molar-refractivity contribution >= 4 is 11.8 Å². The number of fused-ring (bicyclic) bond motifs is 2. The lowest BCUT2D eigenvalue weighted by molar-refractivity contribution is -0.147. The molecule has 2 amide bonds. The lowest BCUT2D eigenvalue weighted by Gasteiger charge is -2.28. The fraction of sp³-hybridized carbons (Fsp3) is 0.500. The van der Waals surface area contributed by atoms with Gasteiger partial charge >= 0.3 is 0 Å².